The maximum atomic E-state index is 6.19. The van der Waals surface area contributed by atoms with Crippen molar-refractivity contribution in [3.8, 4) is 0 Å². The zero-order valence-electron chi connectivity index (χ0n) is 17.4. The molecule has 0 radical (unpaired) electrons. The molecule has 0 aromatic heterocycles. The van der Waals surface area contributed by atoms with Crippen molar-refractivity contribution in [1.82, 2.24) is 9.80 Å². The largest absolute Gasteiger partial charge is 0.296 e. The first-order valence-corrected chi connectivity index (χ1v) is 11.5. The molecule has 3 heteroatoms. The lowest BCUT2D eigenvalue weighted by molar-refractivity contribution is 0.0843. The Morgan fingerprint density at radius 2 is 1.37 bits per heavy atom. The number of fused-ring (bicyclic) bond motifs is 1. The van der Waals surface area contributed by atoms with Crippen molar-refractivity contribution < 1.29 is 0 Å². The molecule has 154 valence electrons. The van der Waals surface area contributed by atoms with Gasteiger partial charge in [-0.2, -0.15) is 0 Å². The van der Waals surface area contributed by atoms with Gasteiger partial charge in [-0.3, -0.25) is 9.80 Å². The monoisotopic (exact) mass is 416 g/mol. The van der Waals surface area contributed by atoms with Gasteiger partial charge in [-0.15, -0.1) is 0 Å². The first-order valence-electron chi connectivity index (χ1n) is 11.1. The Morgan fingerprint density at radius 3 is 2.00 bits per heavy atom. The third-order valence-corrected chi connectivity index (χ3v) is 7.06. The van der Waals surface area contributed by atoms with Crippen LogP contribution in [-0.2, 0) is 13.0 Å². The fraction of sp³-hybridized carbons (Fsp3) is 0.333. The van der Waals surface area contributed by atoms with Crippen molar-refractivity contribution in [2.75, 3.05) is 19.6 Å². The van der Waals surface area contributed by atoms with Crippen LogP contribution in [0.2, 0.25) is 5.02 Å². The summed E-state index contributed by atoms with van der Waals surface area (Å²) in [6.45, 7) is 4.50. The maximum Gasteiger partial charge on any atom is 0.0601 e. The Morgan fingerprint density at radius 1 is 0.733 bits per heavy atom. The van der Waals surface area contributed by atoms with E-state index in [4.69, 9.17) is 11.6 Å². The molecule has 2 heterocycles. The van der Waals surface area contributed by atoms with E-state index in [2.05, 4.69) is 82.6 Å². The van der Waals surface area contributed by atoms with Crippen LogP contribution in [0.5, 0.6) is 0 Å². The molecule has 2 nitrogen and oxygen atoms in total. The smallest absolute Gasteiger partial charge is 0.0601 e. The summed E-state index contributed by atoms with van der Waals surface area (Å²) in [5, 5.41) is 0.864. The van der Waals surface area contributed by atoms with E-state index in [9.17, 15) is 0 Å². The number of halogens is 1. The standard InChI is InChI=1S/C27H29ClN2/c28-25-12-11-24-20-30(16-13-23(24)19-25)26-14-17-29(18-15-26)27(21-7-3-1-4-8-21)22-9-5-2-6-10-22/h1-12,19,26-27H,13-18,20H2. The van der Waals surface area contributed by atoms with Gasteiger partial charge in [0.25, 0.3) is 0 Å². The zero-order chi connectivity index (χ0) is 20.3. The van der Waals surface area contributed by atoms with Crippen LogP contribution >= 0.6 is 11.6 Å². The summed E-state index contributed by atoms with van der Waals surface area (Å²) in [5.41, 5.74) is 5.68. The lowest BCUT2D eigenvalue weighted by atomic mass is 9.92. The molecule has 0 atom stereocenters. The number of piperidine rings is 1. The molecule has 1 saturated heterocycles. The van der Waals surface area contributed by atoms with E-state index in [1.54, 1.807) is 0 Å². The quantitative estimate of drug-likeness (QED) is 0.518. The third kappa shape index (κ3) is 4.18. The average Bonchev–Trinajstić information content (AvgIpc) is 2.81. The lowest BCUT2D eigenvalue weighted by Gasteiger charge is -2.43. The topological polar surface area (TPSA) is 6.48 Å². The van der Waals surface area contributed by atoms with Gasteiger partial charge in [0.2, 0.25) is 0 Å². The SMILES string of the molecule is Clc1ccc2c(c1)CCN(C1CCN(C(c3ccccc3)c3ccccc3)CC1)C2. The summed E-state index contributed by atoms with van der Waals surface area (Å²) in [4.78, 5) is 5.38. The lowest BCUT2D eigenvalue weighted by Crippen LogP contribution is -2.47. The van der Waals surface area contributed by atoms with Gasteiger partial charge in [0.05, 0.1) is 6.04 Å². The second-order valence-electron chi connectivity index (χ2n) is 8.62. The minimum atomic E-state index is 0.345. The minimum Gasteiger partial charge on any atom is -0.296 e. The van der Waals surface area contributed by atoms with Crippen molar-refractivity contribution in [3.63, 3.8) is 0 Å². The van der Waals surface area contributed by atoms with Crippen molar-refractivity contribution in [2.45, 2.75) is 37.9 Å². The van der Waals surface area contributed by atoms with Gasteiger partial charge in [0.1, 0.15) is 0 Å². The molecule has 2 aliphatic rings. The Labute approximate surface area is 185 Å². The fourth-order valence-corrected chi connectivity index (χ4v) is 5.44. The number of benzene rings is 3. The van der Waals surface area contributed by atoms with Crippen LogP contribution in [0.4, 0.5) is 0 Å². The van der Waals surface area contributed by atoms with Crippen LogP contribution in [0, 0.1) is 0 Å². The second-order valence-corrected chi connectivity index (χ2v) is 9.06. The summed E-state index contributed by atoms with van der Waals surface area (Å²) in [5.74, 6) is 0. The molecule has 1 fully saturated rings. The van der Waals surface area contributed by atoms with Gasteiger partial charge < -0.3 is 0 Å². The Hall–Kier alpha value is -2.13. The Kier molecular flexibility index (Phi) is 5.90. The van der Waals surface area contributed by atoms with E-state index in [-0.39, 0.29) is 0 Å². The van der Waals surface area contributed by atoms with Crippen molar-refractivity contribution in [3.05, 3.63) is 106 Å². The molecular weight excluding hydrogens is 388 g/mol. The van der Waals surface area contributed by atoms with Gasteiger partial charge in [0.15, 0.2) is 0 Å². The van der Waals surface area contributed by atoms with Crippen LogP contribution in [0.25, 0.3) is 0 Å². The van der Waals surface area contributed by atoms with Crippen molar-refractivity contribution >= 4 is 11.6 Å². The van der Waals surface area contributed by atoms with Crippen LogP contribution in [0.15, 0.2) is 78.9 Å². The molecule has 0 amide bonds. The van der Waals surface area contributed by atoms with Gasteiger partial charge in [-0.25, -0.2) is 0 Å². The van der Waals surface area contributed by atoms with Crippen molar-refractivity contribution in [1.29, 1.82) is 0 Å². The highest BCUT2D eigenvalue weighted by atomic mass is 35.5. The first kappa shape index (κ1) is 19.8. The van der Waals surface area contributed by atoms with Crippen LogP contribution in [0.1, 0.15) is 41.1 Å². The number of hydrogen-bond acceptors (Lipinski definition) is 2. The number of likely N-dealkylation sites (tertiary alicyclic amines) is 1. The van der Waals surface area contributed by atoms with Gasteiger partial charge >= 0.3 is 0 Å². The third-order valence-electron chi connectivity index (χ3n) is 6.82. The summed E-state index contributed by atoms with van der Waals surface area (Å²) in [7, 11) is 0. The molecule has 0 bridgehead atoms. The first-order chi connectivity index (χ1) is 14.8. The van der Waals surface area contributed by atoms with E-state index in [0.29, 0.717) is 12.1 Å². The molecule has 0 N–H and O–H groups in total. The predicted molar refractivity (Wildman–Crippen MR) is 125 cm³/mol. The summed E-state index contributed by atoms with van der Waals surface area (Å²) < 4.78 is 0. The molecule has 0 unspecified atom stereocenters. The van der Waals surface area contributed by atoms with Crippen LogP contribution in [0.3, 0.4) is 0 Å². The molecule has 0 aliphatic carbocycles. The van der Waals surface area contributed by atoms with Gasteiger partial charge in [-0.05, 0) is 53.6 Å². The van der Waals surface area contributed by atoms with Crippen molar-refractivity contribution in [2.24, 2.45) is 0 Å². The van der Waals surface area contributed by atoms with Gasteiger partial charge in [0, 0.05) is 37.2 Å². The van der Waals surface area contributed by atoms with Gasteiger partial charge in [-0.1, -0.05) is 78.3 Å². The van der Waals surface area contributed by atoms with Crippen LogP contribution < -0.4 is 0 Å². The van der Waals surface area contributed by atoms with E-state index < -0.39 is 0 Å². The highest BCUT2D eigenvalue weighted by molar-refractivity contribution is 6.30. The maximum absolute atomic E-state index is 6.19. The molecule has 3 aromatic carbocycles. The molecule has 0 spiro atoms. The fourth-order valence-electron chi connectivity index (χ4n) is 5.25. The molecule has 3 aromatic rings. The zero-order valence-corrected chi connectivity index (χ0v) is 18.1. The number of hydrogen-bond donors (Lipinski definition) is 0. The highest BCUT2D eigenvalue weighted by Crippen LogP contribution is 2.33. The van der Waals surface area contributed by atoms with E-state index in [1.165, 1.54) is 35.1 Å². The normalized spacial score (nSPS) is 18.5. The average molecular weight is 417 g/mol. The predicted octanol–water partition coefficient (Wildman–Crippen LogP) is 5.95. The molecule has 0 saturated carbocycles. The van der Waals surface area contributed by atoms with E-state index in [0.717, 1.165) is 37.6 Å². The minimum absolute atomic E-state index is 0.345. The molecule has 30 heavy (non-hydrogen) atoms. The summed E-state index contributed by atoms with van der Waals surface area (Å²) >= 11 is 6.19. The molecule has 5 rings (SSSR count). The van der Waals surface area contributed by atoms with E-state index >= 15 is 0 Å². The summed E-state index contributed by atoms with van der Waals surface area (Å²) in [6.07, 6.45) is 3.59. The highest BCUT2D eigenvalue weighted by Gasteiger charge is 2.31. The molecular formula is C27H29ClN2. The van der Waals surface area contributed by atoms with Crippen LogP contribution in [-0.4, -0.2) is 35.5 Å². The number of rotatable bonds is 4. The Balaban J connectivity index is 1.29. The summed E-state index contributed by atoms with van der Waals surface area (Å²) in [6, 6.07) is 29.4. The second kappa shape index (κ2) is 8.93. The molecule has 2 aliphatic heterocycles. The Bertz CT molecular complexity index is 925. The number of nitrogens with zero attached hydrogens (tertiary/aromatic N) is 2. The van der Waals surface area contributed by atoms with E-state index in [1.807, 2.05) is 6.07 Å².